The summed E-state index contributed by atoms with van der Waals surface area (Å²) in [5.74, 6) is 1.41. The third kappa shape index (κ3) is 4.47. The van der Waals surface area contributed by atoms with Crippen LogP contribution in [0.15, 0.2) is 35.2 Å². The van der Waals surface area contributed by atoms with Crippen molar-refractivity contribution in [3.8, 4) is 0 Å². The molecule has 9 heteroatoms. The van der Waals surface area contributed by atoms with Crippen molar-refractivity contribution >= 4 is 21.7 Å². The van der Waals surface area contributed by atoms with Crippen molar-refractivity contribution in [3.63, 3.8) is 0 Å². The van der Waals surface area contributed by atoms with Crippen LogP contribution in [0.2, 0.25) is 0 Å². The molecule has 0 bridgehead atoms. The number of nitrogens with one attached hydrogen (secondary N) is 2. The van der Waals surface area contributed by atoms with Gasteiger partial charge in [-0.25, -0.2) is 27.5 Å². The van der Waals surface area contributed by atoms with E-state index in [4.69, 9.17) is 0 Å². The van der Waals surface area contributed by atoms with Gasteiger partial charge in [-0.1, -0.05) is 12.1 Å². The second kappa shape index (κ2) is 7.96. The summed E-state index contributed by atoms with van der Waals surface area (Å²) in [6.45, 7) is 4.23. The minimum atomic E-state index is -3.88. The largest absolute Gasteiger partial charge is 0.369 e. The highest BCUT2D eigenvalue weighted by atomic mass is 32.2. The number of nitrogens with zero attached hydrogens (tertiary/aromatic N) is 3. The molecule has 0 amide bonds. The average Bonchev–Trinajstić information content (AvgIpc) is 3.13. The number of rotatable bonds is 7. The van der Waals surface area contributed by atoms with Crippen LogP contribution in [-0.2, 0) is 10.0 Å². The van der Waals surface area contributed by atoms with E-state index in [9.17, 15) is 12.8 Å². The van der Waals surface area contributed by atoms with E-state index in [2.05, 4.69) is 24.9 Å². The molecule has 1 saturated heterocycles. The van der Waals surface area contributed by atoms with Gasteiger partial charge in [-0.15, -0.1) is 0 Å². The number of anilines is 2. The van der Waals surface area contributed by atoms with Crippen LogP contribution in [-0.4, -0.2) is 44.6 Å². The molecule has 1 aromatic heterocycles. The fourth-order valence-corrected chi connectivity index (χ4v) is 3.98. The SMILES string of the molecule is Cc1nc(NCCNS(=O)(=O)c2ccccc2F)cc(N2CCCC2)n1. The summed E-state index contributed by atoms with van der Waals surface area (Å²) in [6.07, 6.45) is 2.31. The Hall–Kier alpha value is -2.26. The highest BCUT2D eigenvalue weighted by Crippen LogP contribution is 2.20. The number of halogens is 1. The fourth-order valence-electron chi connectivity index (χ4n) is 2.87. The molecule has 0 spiro atoms. The highest BCUT2D eigenvalue weighted by Gasteiger charge is 2.18. The Kier molecular flexibility index (Phi) is 5.67. The number of benzene rings is 1. The molecular formula is C17H22FN5O2S. The second-order valence-corrected chi connectivity index (χ2v) is 7.84. The summed E-state index contributed by atoms with van der Waals surface area (Å²) in [5, 5.41) is 3.09. The maximum atomic E-state index is 13.6. The van der Waals surface area contributed by atoms with Crippen molar-refractivity contribution < 1.29 is 12.8 Å². The molecule has 1 aliphatic rings. The molecule has 7 nitrogen and oxygen atoms in total. The fraction of sp³-hybridized carbons (Fsp3) is 0.412. The lowest BCUT2D eigenvalue weighted by Crippen LogP contribution is -2.29. The summed E-state index contributed by atoms with van der Waals surface area (Å²) in [5.41, 5.74) is 0. The zero-order valence-electron chi connectivity index (χ0n) is 14.6. The van der Waals surface area contributed by atoms with Crippen LogP contribution in [0.3, 0.4) is 0 Å². The molecule has 1 aromatic carbocycles. The van der Waals surface area contributed by atoms with Crippen LogP contribution in [0.4, 0.5) is 16.0 Å². The molecule has 2 aromatic rings. The summed E-state index contributed by atoms with van der Waals surface area (Å²) in [6, 6.07) is 7.16. The zero-order valence-corrected chi connectivity index (χ0v) is 15.4. The molecule has 0 aliphatic carbocycles. The lowest BCUT2D eigenvalue weighted by Gasteiger charge is -2.17. The first-order chi connectivity index (χ1) is 12.5. The molecule has 0 radical (unpaired) electrons. The van der Waals surface area contributed by atoms with E-state index in [1.54, 1.807) is 0 Å². The molecule has 26 heavy (non-hydrogen) atoms. The van der Waals surface area contributed by atoms with E-state index in [-0.39, 0.29) is 11.4 Å². The smallest absolute Gasteiger partial charge is 0.243 e. The Morgan fingerprint density at radius 3 is 2.62 bits per heavy atom. The van der Waals surface area contributed by atoms with Gasteiger partial charge in [-0.3, -0.25) is 0 Å². The van der Waals surface area contributed by atoms with Gasteiger partial charge in [0.15, 0.2) is 0 Å². The molecule has 2 heterocycles. The summed E-state index contributed by atoms with van der Waals surface area (Å²) < 4.78 is 40.3. The van der Waals surface area contributed by atoms with Gasteiger partial charge in [0.1, 0.15) is 28.2 Å². The highest BCUT2D eigenvalue weighted by molar-refractivity contribution is 7.89. The van der Waals surface area contributed by atoms with E-state index in [1.165, 1.54) is 18.2 Å². The van der Waals surface area contributed by atoms with Gasteiger partial charge in [0.2, 0.25) is 10.0 Å². The van der Waals surface area contributed by atoms with Crippen LogP contribution >= 0.6 is 0 Å². The number of sulfonamides is 1. The van der Waals surface area contributed by atoms with Crippen LogP contribution in [0.1, 0.15) is 18.7 Å². The standard InChI is InChI=1S/C17H22FN5O2S/c1-13-21-16(12-17(22-13)23-10-4-5-11-23)19-8-9-20-26(24,25)15-7-3-2-6-14(15)18/h2-3,6-7,12,20H,4-5,8-11H2,1H3,(H,19,21,22). The van der Waals surface area contributed by atoms with Crippen LogP contribution in [0.5, 0.6) is 0 Å². The number of aryl methyl sites for hydroxylation is 1. The minimum Gasteiger partial charge on any atom is -0.369 e. The normalized spacial score (nSPS) is 14.6. The van der Waals surface area contributed by atoms with Gasteiger partial charge in [0, 0.05) is 32.2 Å². The van der Waals surface area contributed by atoms with Gasteiger partial charge in [-0.2, -0.15) is 0 Å². The molecule has 0 atom stereocenters. The molecule has 0 unspecified atom stereocenters. The van der Waals surface area contributed by atoms with Crippen molar-refractivity contribution in [3.05, 3.63) is 42.0 Å². The van der Waals surface area contributed by atoms with E-state index in [1.807, 2.05) is 13.0 Å². The average molecular weight is 379 g/mol. The van der Waals surface area contributed by atoms with Crippen molar-refractivity contribution in [1.29, 1.82) is 0 Å². The van der Waals surface area contributed by atoms with Crippen molar-refractivity contribution in [2.45, 2.75) is 24.7 Å². The Labute approximate surface area is 152 Å². The maximum Gasteiger partial charge on any atom is 0.243 e. The lowest BCUT2D eigenvalue weighted by atomic mass is 10.4. The maximum absolute atomic E-state index is 13.6. The number of hydrogen-bond donors (Lipinski definition) is 2. The van der Waals surface area contributed by atoms with Crippen LogP contribution < -0.4 is 14.9 Å². The Balaban J connectivity index is 1.57. The molecule has 1 fully saturated rings. The number of aromatic nitrogens is 2. The number of hydrogen-bond acceptors (Lipinski definition) is 6. The first-order valence-corrected chi connectivity index (χ1v) is 10.0. The predicted molar refractivity (Wildman–Crippen MR) is 98.3 cm³/mol. The van der Waals surface area contributed by atoms with Gasteiger partial charge in [-0.05, 0) is 31.9 Å². The van der Waals surface area contributed by atoms with E-state index < -0.39 is 15.8 Å². The predicted octanol–water partition coefficient (Wildman–Crippen LogP) is 1.91. The van der Waals surface area contributed by atoms with E-state index in [0.29, 0.717) is 18.2 Å². The monoisotopic (exact) mass is 379 g/mol. The summed E-state index contributed by atoms with van der Waals surface area (Å²) in [4.78, 5) is 10.6. The zero-order chi connectivity index (χ0) is 18.6. The topological polar surface area (TPSA) is 87.2 Å². The minimum absolute atomic E-state index is 0.110. The molecule has 0 saturated carbocycles. The quantitative estimate of drug-likeness (QED) is 0.715. The summed E-state index contributed by atoms with van der Waals surface area (Å²) >= 11 is 0. The summed E-state index contributed by atoms with van der Waals surface area (Å²) in [7, 11) is -3.88. The Morgan fingerprint density at radius 1 is 1.15 bits per heavy atom. The first kappa shape index (κ1) is 18.5. The van der Waals surface area contributed by atoms with Crippen molar-refractivity contribution in [2.75, 3.05) is 36.4 Å². The molecule has 2 N–H and O–H groups in total. The Bertz CT molecular complexity index is 869. The van der Waals surface area contributed by atoms with Crippen LogP contribution in [0, 0.1) is 12.7 Å². The first-order valence-electron chi connectivity index (χ1n) is 8.54. The third-order valence-electron chi connectivity index (χ3n) is 4.10. The van der Waals surface area contributed by atoms with Crippen molar-refractivity contribution in [1.82, 2.24) is 14.7 Å². The molecule has 140 valence electrons. The lowest BCUT2D eigenvalue weighted by molar-refractivity contribution is 0.558. The van der Waals surface area contributed by atoms with Gasteiger partial charge >= 0.3 is 0 Å². The van der Waals surface area contributed by atoms with Crippen LogP contribution in [0.25, 0.3) is 0 Å². The van der Waals surface area contributed by atoms with Gasteiger partial charge < -0.3 is 10.2 Å². The second-order valence-electron chi connectivity index (χ2n) is 6.11. The van der Waals surface area contributed by atoms with Gasteiger partial charge in [0.05, 0.1) is 0 Å². The van der Waals surface area contributed by atoms with Gasteiger partial charge in [0.25, 0.3) is 0 Å². The molecular weight excluding hydrogens is 357 g/mol. The molecule has 3 rings (SSSR count). The van der Waals surface area contributed by atoms with E-state index in [0.717, 1.165) is 37.8 Å². The third-order valence-corrected chi connectivity index (χ3v) is 5.60. The van der Waals surface area contributed by atoms with Crippen molar-refractivity contribution in [2.24, 2.45) is 0 Å². The molecule has 1 aliphatic heterocycles. The van der Waals surface area contributed by atoms with E-state index >= 15 is 0 Å². The Morgan fingerprint density at radius 2 is 1.88 bits per heavy atom.